The Labute approximate surface area is 114 Å². The smallest absolute Gasteiger partial charge is 0.226 e. The summed E-state index contributed by atoms with van der Waals surface area (Å²) in [5.74, 6) is 0.208. The van der Waals surface area contributed by atoms with E-state index in [-0.39, 0.29) is 5.82 Å². The summed E-state index contributed by atoms with van der Waals surface area (Å²) in [4.78, 5) is 4.35. The van der Waals surface area contributed by atoms with E-state index in [1.165, 1.54) is 6.07 Å². The Morgan fingerprint density at radius 2 is 2.28 bits per heavy atom. The van der Waals surface area contributed by atoms with Crippen molar-refractivity contribution in [3.05, 3.63) is 40.4 Å². The molecular weight excluding hydrogens is 299 g/mol. The van der Waals surface area contributed by atoms with Gasteiger partial charge in [0.15, 0.2) is 0 Å². The van der Waals surface area contributed by atoms with E-state index in [0.717, 1.165) is 24.2 Å². The molecule has 0 bridgehead atoms. The molecule has 18 heavy (non-hydrogen) atoms. The van der Waals surface area contributed by atoms with Crippen molar-refractivity contribution < 1.29 is 8.81 Å². The minimum atomic E-state index is -0.296. The maximum Gasteiger partial charge on any atom is 0.226 e. The van der Waals surface area contributed by atoms with Crippen LogP contribution in [0.25, 0.3) is 11.5 Å². The van der Waals surface area contributed by atoms with Gasteiger partial charge < -0.3 is 9.73 Å². The summed E-state index contributed by atoms with van der Waals surface area (Å²) >= 11 is 3.14. The van der Waals surface area contributed by atoms with Crippen molar-refractivity contribution in [1.29, 1.82) is 0 Å². The quantitative estimate of drug-likeness (QED) is 0.855. The lowest BCUT2D eigenvalue weighted by molar-refractivity contribution is 0.569. The van der Waals surface area contributed by atoms with Crippen LogP contribution in [-0.4, -0.2) is 11.5 Å². The predicted octanol–water partition coefficient (Wildman–Crippen LogP) is 3.74. The molecule has 0 unspecified atom stereocenters. The number of aromatic nitrogens is 1. The zero-order valence-electron chi connectivity index (χ0n) is 10.0. The fourth-order valence-electron chi connectivity index (χ4n) is 1.54. The second-order valence-corrected chi connectivity index (χ2v) is 4.80. The third-order valence-corrected chi connectivity index (χ3v) is 3.06. The van der Waals surface area contributed by atoms with E-state index in [1.807, 2.05) is 0 Å². The summed E-state index contributed by atoms with van der Waals surface area (Å²) in [7, 11) is 0. The van der Waals surface area contributed by atoms with Gasteiger partial charge in [-0.3, -0.25) is 0 Å². The first-order valence-electron chi connectivity index (χ1n) is 5.81. The van der Waals surface area contributed by atoms with E-state index in [9.17, 15) is 4.39 Å². The van der Waals surface area contributed by atoms with Gasteiger partial charge in [0.1, 0.15) is 12.1 Å². The topological polar surface area (TPSA) is 38.1 Å². The molecule has 3 nitrogen and oxygen atoms in total. The van der Waals surface area contributed by atoms with Gasteiger partial charge in [-0.25, -0.2) is 9.37 Å². The van der Waals surface area contributed by atoms with Crippen molar-refractivity contribution in [2.75, 3.05) is 6.54 Å². The number of oxazole rings is 1. The van der Waals surface area contributed by atoms with Gasteiger partial charge in [-0.05, 0) is 47.1 Å². The summed E-state index contributed by atoms with van der Waals surface area (Å²) in [5, 5.41) is 3.24. The zero-order valence-corrected chi connectivity index (χ0v) is 11.6. The highest BCUT2D eigenvalue weighted by molar-refractivity contribution is 9.10. The van der Waals surface area contributed by atoms with Crippen LogP contribution in [0.3, 0.4) is 0 Å². The second-order valence-electron chi connectivity index (χ2n) is 3.95. The van der Waals surface area contributed by atoms with Crippen molar-refractivity contribution >= 4 is 15.9 Å². The van der Waals surface area contributed by atoms with Gasteiger partial charge in [0.05, 0.1) is 10.2 Å². The predicted molar refractivity (Wildman–Crippen MR) is 71.6 cm³/mol. The Hall–Kier alpha value is -1.20. The van der Waals surface area contributed by atoms with Gasteiger partial charge >= 0.3 is 0 Å². The molecule has 5 heteroatoms. The van der Waals surface area contributed by atoms with Crippen molar-refractivity contribution in [3.8, 4) is 11.5 Å². The number of hydrogen-bond donors (Lipinski definition) is 1. The molecule has 1 aromatic carbocycles. The molecule has 0 saturated heterocycles. The lowest BCUT2D eigenvalue weighted by Crippen LogP contribution is -2.13. The van der Waals surface area contributed by atoms with Gasteiger partial charge in [-0.15, -0.1) is 0 Å². The summed E-state index contributed by atoms with van der Waals surface area (Å²) in [6, 6.07) is 4.69. The third kappa shape index (κ3) is 3.17. The van der Waals surface area contributed by atoms with Crippen LogP contribution in [0.15, 0.2) is 33.4 Å². The highest BCUT2D eigenvalue weighted by atomic mass is 79.9. The van der Waals surface area contributed by atoms with Crippen LogP contribution in [0.4, 0.5) is 4.39 Å². The molecule has 1 heterocycles. The molecule has 0 atom stereocenters. The molecule has 2 aromatic rings. The van der Waals surface area contributed by atoms with Crippen LogP contribution in [0.2, 0.25) is 0 Å². The SMILES string of the molecule is CCCNCc1coc(-c2ccc(F)c(Br)c2)n1. The van der Waals surface area contributed by atoms with E-state index in [0.29, 0.717) is 16.9 Å². The van der Waals surface area contributed by atoms with Gasteiger partial charge in [0.25, 0.3) is 0 Å². The monoisotopic (exact) mass is 312 g/mol. The largest absolute Gasteiger partial charge is 0.444 e. The standard InChI is InChI=1S/C13H14BrFN2O/c1-2-5-16-7-10-8-18-13(17-10)9-3-4-12(15)11(14)6-9/h3-4,6,8,16H,2,5,7H2,1H3. The number of nitrogens with one attached hydrogen (secondary N) is 1. The van der Waals surface area contributed by atoms with Crippen molar-refractivity contribution in [2.45, 2.75) is 19.9 Å². The second kappa shape index (κ2) is 6.11. The van der Waals surface area contributed by atoms with Crippen LogP contribution >= 0.6 is 15.9 Å². The third-order valence-electron chi connectivity index (χ3n) is 2.45. The Balaban J connectivity index is 2.11. The average molecular weight is 313 g/mol. The molecular formula is C13H14BrFN2O. The maximum atomic E-state index is 13.1. The Bertz CT molecular complexity index is 527. The summed E-state index contributed by atoms with van der Waals surface area (Å²) in [6.45, 7) is 3.74. The first-order chi connectivity index (χ1) is 8.70. The fourth-order valence-corrected chi connectivity index (χ4v) is 1.92. The van der Waals surface area contributed by atoms with E-state index in [4.69, 9.17) is 4.42 Å². The number of rotatable bonds is 5. The minimum Gasteiger partial charge on any atom is -0.444 e. The average Bonchev–Trinajstić information content (AvgIpc) is 2.82. The molecule has 2 rings (SSSR count). The molecule has 1 aromatic heterocycles. The molecule has 0 radical (unpaired) electrons. The summed E-state index contributed by atoms with van der Waals surface area (Å²) in [5.41, 5.74) is 1.60. The molecule has 0 spiro atoms. The van der Waals surface area contributed by atoms with Crippen LogP contribution in [0.1, 0.15) is 19.0 Å². The molecule has 1 N–H and O–H groups in total. The first-order valence-corrected chi connectivity index (χ1v) is 6.60. The summed E-state index contributed by atoms with van der Waals surface area (Å²) < 4.78 is 18.9. The Kier molecular flexibility index (Phi) is 4.49. The summed E-state index contributed by atoms with van der Waals surface area (Å²) in [6.07, 6.45) is 2.70. The van der Waals surface area contributed by atoms with E-state index < -0.39 is 0 Å². The van der Waals surface area contributed by atoms with E-state index in [1.54, 1.807) is 18.4 Å². The van der Waals surface area contributed by atoms with Crippen LogP contribution in [-0.2, 0) is 6.54 Å². The van der Waals surface area contributed by atoms with E-state index >= 15 is 0 Å². The van der Waals surface area contributed by atoms with Gasteiger partial charge in [-0.2, -0.15) is 0 Å². The number of benzene rings is 1. The minimum absolute atomic E-state index is 0.296. The van der Waals surface area contributed by atoms with Gasteiger partial charge in [0.2, 0.25) is 5.89 Å². The normalized spacial score (nSPS) is 10.8. The van der Waals surface area contributed by atoms with Crippen LogP contribution in [0, 0.1) is 5.82 Å². The molecule has 0 amide bonds. The lowest BCUT2D eigenvalue weighted by atomic mass is 10.2. The lowest BCUT2D eigenvalue weighted by Gasteiger charge is -1.98. The van der Waals surface area contributed by atoms with Crippen molar-refractivity contribution in [1.82, 2.24) is 10.3 Å². The van der Waals surface area contributed by atoms with Gasteiger partial charge in [0, 0.05) is 12.1 Å². The van der Waals surface area contributed by atoms with E-state index in [2.05, 4.69) is 33.2 Å². The maximum absolute atomic E-state index is 13.1. The van der Waals surface area contributed by atoms with Crippen LogP contribution in [0.5, 0.6) is 0 Å². The molecule has 96 valence electrons. The molecule has 0 aliphatic heterocycles. The molecule has 0 fully saturated rings. The van der Waals surface area contributed by atoms with Gasteiger partial charge in [-0.1, -0.05) is 6.92 Å². The highest BCUT2D eigenvalue weighted by Gasteiger charge is 2.08. The number of halogens is 2. The molecule has 0 aliphatic rings. The molecule has 0 aliphatic carbocycles. The molecule has 0 saturated carbocycles. The Morgan fingerprint density at radius 1 is 1.44 bits per heavy atom. The Morgan fingerprint density at radius 3 is 3.00 bits per heavy atom. The number of nitrogens with zero attached hydrogens (tertiary/aromatic N) is 1. The zero-order chi connectivity index (χ0) is 13.0. The first kappa shape index (κ1) is 13.2. The number of hydrogen-bond acceptors (Lipinski definition) is 3. The van der Waals surface area contributed by atoms with Crippen molar-refractivity contribution in [3.63, 3.8) is 0 Å². The van der Waals surface area contributed by atoms with Crippen molar-refractivity contribution in [2.24, 2.45) is 0 Å². The van der Waals surface area contributed by atoms with Crippen LogP contribution < -0.4 is 5.32 Å². The fraction of sp³-hybridized carbons (Fsp3) is 0.308. The highest BCUT2D eigenvalue weighted by Crippen LogP contribution is 2.24.